The Kier molecular flexibility index (Phi) is 6.63. The first kappa shape index (κ1) is 23.1. The second-order valence-electron chi connectivity index (χ2n) is 9.51. The second-order valence-corrected chi connectivity index (χ2v) is 9.51. The fraction of sp³-hybridized carbons (Fsp3) is 0.480. The van der Waals surface area contributed by atoms with Crippen LogP contribution in [-0.2, 0) is 0 Å². The van der Waals surface area contributed by atoms with Gasteiger partial charge in [0.05, 0.1) is 11.9 Å². The summed E-state index contributed by atoms with van der Waals surface area (Å²) in [5.41, 5.74) is 1.11. The maximum atomic E-state index is 15.2. The van der Waals surface area contributed by atoms with Gasteiger partial charge in [0.1, 0.15) is 11.6 Å². The molecular weight excluding hydrogens is 424 g/mol. The van der Waals surface area contributed by atoms with Crippen LogP contribution >= 0.6 is 0 Å². The summed E-state index contributed by atoms with van der Waals surface area (Å²) < 4.78 is 29.9. The normalized spacial score (nSPS) is 21.1. The summed E-state index contributed by atoms with van der Waals surface area (Å²) in [5.74, 6) is -1.13. The lowest BCUT2D eigenvalue weighted by Gasteiger charge is -2.35. The van der Waals surface area contributed by atoms with Crippen LogP contribution in [0.15, 0.2) is 30.6 Å². The molecule has 2 N–H and O–H groups in total. The highest BCUT2D eigenvalue weighted by atomic mass is 19.1. The third kappa shape index (κ3) is 4.84. The predicted octanol–water partition coefficient (Wildman–Crippen LogP) is 6.09. The maximum Gasteiger partial charge on any atom is 0.187 e. The lowest BCUT2D eigenvalue weighted by atomic mass is 9.77. The number of halogens is 2. The van der Waals surface area contributed by atoms with E-state index in [4.69, 9.17) is 0 Å². The highest BCUT2D eigenvalue weighted by Gasteiger charge is 2.33. The predicted molar refractivity (Wildman–Crippen MR) is 125 cm³/mol. The molecule has 1 fully saturated rings. The van der Waals surface area contributed by atoms with Crippen molar-refractivity contribution in [2.75, 3.05) is 11.9 Å². The number of benzene rings is 1. The van der Waals surface area contributed by atoms with E-state index in [2.05, 4.69) is 34.2 Å². The molecule has 1 aliphatic rings. The molecule has 33 heavy (non-hydrogen) atoms. The Hall–Kier alpha value is -3.03. The van der Waals surface area contributed by atoms with Gasteiger partial charge in [-0.3, -0.25) is 5.10 Å². The van der Waals surface area contributed by atoms with Crippen molar-refractivity contribution in [3.05, 3.63) is 42.2 Å². The minimum absolute atomic E-state index is 0.0801. The van der Waals surface area contributed by atoms with Crippen molar-refractivity contribution in [3.63, 3.8) is 0 Å². The van der Waals surface area contributed by atoms with Gasteiger partial charge in [-0.05, 0) is 43.2 Å². The molecule has 0 saturated heterocycles. The Bertz CT molecular complexity index is 1100. The Morgan fingerprint density at radius 1 is 1.15 bits per heavy atom. The van der Waals surface area contributed by atoms with E-state index in [1.807, 2.05) is 11.9 Å². The molecule has 1 aromatic carbocycles. The van der Waals surface area contributed by atoms with E-state index in [0.717, 1.165) is 38.2 Å². The zero-order valence-electron chi connectivity index (χ0n) is 19.4. The molecule has 0 bridgehead atoms. The molecule has 0 amide bonds. The van der Waals surface area contributed by atoms with Crippen molar-refractivity contribution in [1.29, 1.82) is 0 Å². The summed E-state index contributed by atoms with van der Waals surface area (Å²) in [4.78, 5) is 1.90. The molecule has 2 heterocycles. The van der Waals surface area contributed by atoms with Crippen molar-refractivity contribution in [2.45, 2.75) is 64.8 Å². The Morgan fingerprint density at radius 2 is 1.97 bits per heavy atom. The Morgan fingerprint density at radius 3 is 2.67 bits per heavy atom. The van der Waals surface area contributed by atoms with Crippen LogP contribution in [0.2, 0.25) is 0 Å². The topological polar surface area (TPSA) is 77.9 Å². The van der Waals surface area contributed by atoms with Crippen molar-refractivity contribution < 1.29 is 13.9 Å². The molecule has 2 aromatic heterocycles. The number of aromatic nitrogens is 4. The molecule has 2 atom stereocenters. The van der Waals surface area contributed by atoms with Crippen molar-refractivity contribution in [2.24, 2.45) is 5.41 Å². The van der Waals surface area contributed by atoms with Gasteiger partial charge < -0.3 is 10.0 Å². The number of rotatable bonds is 6. The fourth-order valence-electron chi connectivity index (χ4n) is 5.16. The molecule has 8 heteroatoms. The third-order valence-corrected chi connectivity index (χ3v) is 6.93. The number of phenols is 1. The van der Waals surface area contributed by atoms with Gasteiger partial charge in [0.2, 0.25) is 0 Å². The quantitative estimate of drug-likeness (QED) is 0.440. The van der Waals surface area contributed by atoms with E-state index in [-0.39, 0.29) is 39.8 Å². The molecule has 3 aromatic rings. The lowest BCUT2D eigenvalue weighted by Crippen LogP contribution is -2.36. The zero-order valence-corrected chi connectivity index (χ0v) is 19.4. The SMILES string of the molecule is CCC[C@]1(C)CCCC[C@H](N(C)c2nnc(-c3cc(F)c(-c4cn[nH]c4)cc3O)cc2F)C1. The van der Waals surface area contributed by atoms with Crippen LogP contribution in [0.25, 0.3) is 22.4 Å². The van der Waals surface area contributed by atoms with Gasteiger partial charge in [-0.1, -0.05) is 33.1 Å². The molecule has 176 valence electrons. The highest BCUT2D eigenvalue weighted by molar-refractivity contribution is 5.74. The third-order valence-electron chi connectivity index (χ3n) is 6.93. The number of aromatic hydroxyl groups is 1. The number of nitrogens with zero attached hydrogens (tertiary/aromatic N) is 4. The van der Waals surface area contributed by atoms with E-state index >= 15 is 4.39 Å². The summed E-state index contributed by atoms with van der Waals surface area (Å²) in [6, 6.07) is 3.83. The van der Waals surface area contributed by atoms with Crippen molar-refractivity contribution in [3.8, 4) is 28.1 Å². The number of anilines is 1. The minimum Gasteiger partial charge on any atom is -0.507 e. The molecule has 0 unspecified atom stereocenters. The van der Waals surface area contributed by atoms with Crippen LogP contribution in [0, 0.1) is 17.0 Å². The lowest BCUT2D eigenvalue weighted by molar-refractivity contribution is 0.238. The van der Waals surface area contributed by atoms with E-state index in [1.165, 1.54) is 37.4 Å². The van der Waals surface area contributed by atoms with Gasteiger partial charge >= 0.3 is 0 Å². The highest BCUT2D eigenvalue weighted by Crippen LogP contribution is 2.41. The van der Waals surface area contributed by atoms with E-state index < -0.39 is 11.6 Å². The number of hydrogen-bond donors (Lipinski definition) is 2. The summed E-state index contributed by atoms with van der Waals surface area (Å²) in [7, 11) is 1.87. The van der Waals surface area contributed by atoms with E-state index in [9.17, 15) is 9.50 Å². The van der Waals surface area contributed by atoms with Crippen LogP contribution in [0.5, 0.6) is 5.75 Å². The molecule has 0 spiro atoms. The van der Waals surface area contributed by atoms with Crippen LogP contribution in [0.4, 0.5) is 14.6 Å². The van der Waals surface area contributed by atoms with Crippen molar-refractivity contribution in [1.82, 2.24) is 20.4 Å². The molecule has 1 aliphatic carbocycles. The average Bonchev–Trinajstić information content (AvgIpc) is 3.24. The van der Waals surface area contributed by atoms with E-state index in [0.29, 0.717) is 5.56 Å². The van der Waals surface area contributed by atoms with Gasteiger partial charge in [0, 0.05) is 42.0 Å². The van der Waals surface area contributed by atoms with Gasteiger partial charge in [0.15, 0.2) is 11.6 Å². The second kappa shape index (κ2) is 9.45. The summed E-state index contributed by atoms with van der Waals surface area (Å²) >= 11 is 0. The summed E-state index contributed by atoms with van der Waals surface area (Å²) in [5, 5.41) is 25.2. The molecular formula is C25H31F2N5O. The van der Waals surface area contributed by atoms with Crippen LogP contribution < -0.4 is 4.90 Å². The van der Waals surface area contributed by atoms with Gasteiger partial charge in [-0.2, -0.15) is 5.10 Å². The fourth-order valence-corrected chi connectivity index (χ4v) is 5.16. The van der Waals surface area contributed by atoms with Crippen LogP contribution in [0.3, 0.4) is 0 Å². The maximum absolute atomic E-state index is 15.2. The largest absolute Gasteiger partial charge is 0.507 e. The monoisotopic (exact) mass is 455 g/mol. The van der Waals surface area contributed by atoms with Gasteiger partial charge in [-0.25, -0.2) is 8.78 Å². The Labute approximate surface area is 193 Å². The van der Waals surface area contributed by atoms with Gasteiger partial charge in [0.25, 0.3) is 0 Å². The zero-order chi connectivity index (χ0) is 23.6. The first-order valence-corrected chi connectivity index (χ1v) is 11.6. The molecule has 6 nitrogen and oxygen atoms in total. The van der Waals surface area contributed by atoms with Crippen LogP contribution in [0.1, 0.15) is 58.8 Å². The minimum atomic E-state index is -0.568. The van der Waals surface area contributed by atoms with E-state index in [1.54, 1.807) is 0 Å². The smallest absolute Gasteiger partial charge is 0.187 e. The number of H-pyrrole nitrogens is 1. The number of hydrogen-bond acceptors (Lipinski definition) is 5. The average molecular weight is 456 g/mol. The standard InChI is InChI=1S/C25H31F2N5O/c1-4-8-25(2)9-6-5-7-17(13-25)32(3)24-21(27)12-22(30-31-24)19-10-20(26)18(11-23(19)33)16-14-28-29-15-16/h10-12,14-15,17,33H,4-9,13H2,1-3H3,(H,28,29)/t17-,25+/m0/s1. The Balaban J connectivity index is 1.60. The molecule has 1 saturated carbocycles. The summed E-state index contributed by atoms with van der Waals surface area (Å²) in [6.07, 6.45) is 10.7. The summed E-state index contributed by atoms with van der Waals surface area (Å²) in [6.45, 7) is 4.54. The molecule has 4 rings (SSSR count). The molecule has 0 aliphatic heterocycles. The first-order chi connectivity index (χ1) is 15.8. The number of nitrogens with one attached hydrogen (secondary N) is 1. The van der Waals surface area contributed by atoms with Gasteiger partial charge in [-0.15, -0.1) is 10.2 Å². The van der Waals surface area contributed by atoms with Crippen molar-refractivity contribution >= 4 is 5.82 Å². The number of phenolic OH excluding ortho intramolecular Hbond substituents is 1. The number of aromatic amines is 1. The first-order valence-electron chi connectivity index (χ1n) is 11.6. The molecule has 0 radical (unpaired) electrons. The van der Waals surface area contributed by atoms with Crippen LogP contribution in [-0.4, -0.2) is 38.6 Å².